The van der Waals surface area contributed by atoms with E-state index in [1.807, 2.05) is 30.3 Å². The maximum atomic E-state index is 5.67. The van der Waals surface area contributed by atoms with E-state index in [2.05, 4.69) is 10.2 Å². The highest BCUT2D eigenvalue weighted by atomic mass is 32.1. The van der Waals surface area contributed by atoms with Gasteiger partial charge in [-0.1, -0.05) is 30.4 Å². The first kappa shape index (κ1) is 12.7. The molecule has 1 heterocycles. The Labute approximate surface area is 111 Å². The summed E-state index contributed by atoms with van der Waals surface area (Å²) < 4.78 is 11.2. The van der Waals surface area contributed by atoms with E-state index < -0.39 is 0 Å². The number of para-hydroxylation sites is 1. The van der Waals surface area contributed by atoms with Crippen LogP contribution in [0.1, 0.15) is 0 Å². The van der Waals surface area contributed by atoms with Gasteiger partial charge in [-0.3, -0.25) is 5.10 Å². The number of aromatic nitrogens is 2. The number of hydrogen-bond donors (Lipinski definition) is 1. The molecule has 0 spiro atoms. The van der Waals surface area contributed by atoms with Crippen molar-refractivity contribution >= 4 is 12.2 Å². The van der Waals surface area contributed by atoms with Crippen LogP contribution in [0.2, 0.25) is 0 Å². The third kappa shape index (κ3) is 3.15. The van der Waals surface area contributed by atoms with Gasteiger partial charge in [0.1, 0.15) is 17.0 Å². The Morgan fingerprint density at radius 3 is 2.89 bits per heavy atom. The summed E-state index contributed by atoms with van der Waals surface area (Å²) in [5.41, 5.74) is 1.91. The van der Waals surface area contributed by atoms with Crippen LogP contribution in [0.3, 0.4) is 0 Å². The van der Waals surface area contributed by atoms with Gasteiger partial charge < -0.3 is 9.47 Å². The summed E-state index contributed by atoms with van der Waals surface area (Å²) in [5.74, 6) is 0.803. The Kier molecular flexibility index (Phi) is 4.44. The van der Waals surface area contributed by atoms with E-state index >= 15 is 0 Å². The van der Waals surface area contributed by atoms with Crippen LogP contribution in [0.4, 0.5) is 0 Å². The normalized spacial score (nSPS) is 10.3. The molecule has 0 saturated heterocycles. The van der Waals surface area contributed by atoms with Crippen molar-refractivity contribution in [1.82, 2.24) is 10.2 Å². The Morgan fingerprint density at radius 1 is 1.28 bits per heavy atom. The molecule has 0 radical (unpaired) electrons. The fourth-order valence-electron chi connectivity index (χ4n) is 1.59. The maximum Gasteiger partial charge on any atom is 0.127 e. The highest BCUT2D eigenvalue weighted by Gasteiger charge is 2.05. The predicted molar refractivity (Wildman–Crippen MR) is 72.2 cm³/mol. The molecule has 0 aliphatic rings. The second kappa shape index (κ2) is 6.28. The van der Waals surface area contributed by atoms with Crippen LogP contribution in [-0.4, -0.2) is 30.5 Å². The molecule has 94 valence electrons. The largest absolute Gasteiger partial charge is 0.491 e. The lowest BCUT2D eigenvalue weighted by atomic mass is 10.1. The lowest BCUT2D eigenvalue weighted by Crippen LogP contribution is -2.05. The Hall–Kier alpha value is -1.72. The summed E-state index contributed by atoms with van der Waals surface area (Å²) in [6.07, 6.45) is 1.73. The summed E-state index contributed by atoms with van der Waals surface area (Å²) in [5, 5.41) is 6.71. The molecule has 0 aliphatic heterocycles. The second-order valence-electron chi connectivity index (χ2n) is 3.67. The number of aromatic amines is 1. The van der Waals surface area contributed by atoms with Gasteiger partial charge >= 0.3 is 0 Å². The molecule has 2 aromatic rings. The quantitative estimate of drug-likeness (QED) is 0.665. The molecule has 1 aromatic carbocycles. The molecule has 0 atom stereocenters. The third-order valence-corrected chi connectivity index (χ3v) is 2.62. The summed E-state index contributed by atoms with van der Waals surface area (Å²) >= 11 is 5.07. The monoisotopic (exact) mass is 262 g/mol. The molecule has 0 unspecified atom stereocenters. The van der Waals surface area contributed by atoms with Gasteiger partial charge in [-0.05, 0) is 12.1 Å². The molecule has 0 saturated carbocycles. The van der Waals surface area contributed by atoms with Gasteiger partial charge in [0.15, 0.2) is 0 Å². The summed E-state index contributed by atoms with van der Waals surface area (Å²) in [7, 11) is 1.65. The zero-order valence-electron chi connectivity index (χ0n) is 10.1. The van der Waals surface area contributed by atoms with Crippen molar-refractivity contribution < 1.29 is 9.47 Å². The zero-order chi connectivity index (χ0) is 12.8. The molecule has 0 bridgehead atoms. The SMILES string of the molecule is COCCOc1ccccc1-c1cn[nH]c(=S)c1. The lowest BCUT2D eigenvalue weighted by molar-refractivity contribution is 0.146. The molecule has 1 aromatic heterocycles. The number of hydrogen-bond acceptors (Lipinski definition) is 4. The van der Waals surface area contributed by atoms with Crippen molar-refractivity contribution in [3.63, 3.8) is 0 Å². The van der Waals surface area contributed by atoms with Gasteiger partial charge in [0.25, 0.3) is 0 Å². The van der Waals surface area contributed by atoms with Crippen LogP contribution in [-0.2, 0) is 4.74 Å². The number of ether oxygens (including phenoxy) is 2. The summed E-state index contributed by atoms with van der Waals surface area (Å²) in [4.78, 5) is 0. The van der Waals surface area contributed by atoms with E-state index in [0.29, 0.717) is 17.9 Å². The number of nitrogens with zero attached hydrogens (tertiary/aromatic N) is 1. The molecule has 0 amide bonds. The Bertz CT molecular complexity index is 569. The molecular formula is C13H14N2O2S. The minimum Gasteiger partial charge on any atom is -0.491 e. The molecule has 18 heavy (non-hydrogen) atoms. The van der Waals surface area contributed by atoms with Gasteiger partial charge in [0.2, 0.25) is 0 Å². The minimum atomic E-state index is 0.515. The number of nitrogens with one attached hydrogen (secondary N) is 1. The van der Waals surface area contributed by atoms with E-state index in [1.165, 1.54) is 0 Å². The van der Waals surface area contributed by atoms with Crippen LogP contribution in [0.15, 0.2) is 36.5 Å². The molecule has 4 nitrogen and oxygen atoms in total. The van der Waals surface area contributed by atoms with E-state index in [1.54, 1.807) is 13.3 Å². The van der Waals surface area contributed by atoms with E-state index in [-0.39, 0.29) is 0 Å². The molecule has 0 fully saturated rings. The number of H-pyrrole nitrogens is 1. The van der Waals surface area contributed by atoms with Crippen molar-refractivity contribution in [3.8, 4) is 16.9 Å². The number of benzene rings is 1. The van der Waals surface area contributed by atoms with Crippen LogP contribution in [0, 0.1) is 4.64 Å². The van der Waals surface area contributed by atoms with Gasteiger partial charge in [-0.15, -0.1) is 0 Å². The van der Waals surface area contributed by atoms with Crippen molar-refractivity contribution in [2.45, 2.75) is 0 Å². The maximum absolute atomic E-state index is 5.67. The van der Waals surface area contributed by atoms with Crippen molar-refractivity contribution in [1.29, 1.82) is 0 Å². The second-order valence-corrected chi connectivity index (χ2v) is 4.11. The Morgan fingerprint density at radius 2 is 2.11 bits per heavy atom. The van der Waals surface area contributed by atoms with E-state index in [0.717, 1.165) is 16.9 Å². The van der Waals surface area contributed by atoms with Crippen molar-refractivity contribution in [2.24, 2.45) is 0 Å². The smallest absolute Gasteiger partial charge is 0.127 e. The lowest BCUT2D eigenvalue weighted by Gasteiger charge is -2.10. The van der Waals surface area contributed by atoms with Gasteiger partial charge in [-0.25, -0.2) is 0 Å². The van der Waals surface area contributed by atoms with Crippen molar-refractivity contribution in [2.75, 3.05) is 20.3 Å². The van der Waals surface area contributed by atoms with Gasteiger partial charge in [0, 0.05) is 18.2 Å². The third-order valence-electron chi connectivity index (χ3n) is 2.41. The first-order chi connectivity index (χ1) is 8.81. The number of methoxy groups -OCH3 is 1. The summed E-state index contributed by atoms with van der Waals surface area (Å²) in [6.45, 7) is 1.07. The van der Waals surface area contributed by atoms with Gasteiger partial charge in [-0.2, -0.15) is 5.10 Å². The average molecular weight is 262 g/mol. The van der Waals surface area contributed by atoms with Gasteiger partial charge in [0.05, 0.1) is 12.8 Å². The summed E-state index contributed by atoms with van der Waals surface area (Å²) in [6, 6.07) is 9.65. The van der Waals surface area contributed by atoms with Crippen LogP contribution in [0.5, 0.6) is 5.75 Å². The number of rotatable bonds is 5. The highest BCUT2D eigenvalue weighted by molar-refractivity contribution is 7.71. The van der Waals surface area contributed by atoms with Crippen LogP contribution < -0.4 is 4.74 Å². The fraction of sp³-hybridized carbons (Fsp3) is 0.231. The molecular weight excluding hydrogens is 248 g/mol. The standard InChI is InChI=1S/C13H14N2O2S/c1-16-6-7-17-12-5-3-2-4-11(12)10-8-13(18)15-14-9-10/h2-5,8-9H,6-7H2,1H3,(H,15,18). The van der Waals surface area contributed by atoms with Crippen LogP contribution in [0.25, 0.3) is 11.1 Å². The van der Waals surface area contributed by atoms with Crippen molar-refractivity contribution in [3.05, 3.63) is 41.2 Å². The molecule has 5 heteroatoms. The van der Waals surface area contributed by atoms with E-state index in [4.69, 9.17) is 21.7 Å². The highest BCUT2D eigenvalue weighted by Crippen LogP contribution is 2.28. The van der Waals surface area contributed by atoms with E-state index in [9.17, 15) is 0 Å². The first-order valence-electron chi connectivity index (χ1n) is 5.57. The predicted octanol–water partition coefficient (Wildman–Crippen LogP) is 2.83. The fourth-order valence-corrected chi connectivity index (χ4v) is 1.77. The average Bonchev–Trinajstić information content (AvgIpc) is 2.40. The van der Waals surface area contributed by atoms with Crippen LogP contribution >= 0.6 is 12.2 Å². The topological polar surface area (TPSA) is 47.1 Å². The minimum absolute atomic E-state index is 0.515. The first-order valence-corrected chi connectivity index (χ1v) is 5.98. The molecule has 0 aliphatic carbocycles. The zero-order valence-corrected chi connectivity index (χ0v) is 10.9. The Balaban J connectivity index is 2.29. The molecule has 2 rings (SSSR count). The molecule has 1 N–H and O–H groups in total.